The van der Waals surface area contributed by atoms with Gasteiger partial charge in [-0.15, -0.1) is 0 Å². The van der Waals surface area contributed by atoms with E-state index in [9.17, 15) is 4.79 Å². The normalized spacial score (nSPS) is 9.67. The lowest BCUT2D eigenvalue weighted by Crippen LogP contribution is -2.36. The summed E-state index contributed by atoms with van der Waals surface area (Å²) < 4.78 is 0. The van der Waals surface area contributed by atoms with Gasteiger partial charge in [-0.1, -0.05) is 24.6 Å². The van der Waals surface area contributed by atoms with Gasteiger partial charge in [-0.25, -0.2) is 0 Å². The van der Waals surface area contributed by atoms with Gasteiger partial charge in [-0.2, -0.15) is 5.26 Å². The molecule has 1 aromatic carbocycles. The fourth-order valence-electron chi connectivity index (χ4n) is 1.69. The van der Waals surface area contributed by atoms with Crippen molar-refractivity contribution in [1.29, 1.82) is 5.26 Å². The minimum absolute atomic E-state index is 0.0904. The molecular formula is C13H16ClN3O. The second kappa shape index (κ2) is 6.87. The molecule has 0 spiro atoms. The molecule has 5 heteroatoms. The summed E-state index contributed by atoms with van der Waals surface area (Å²) in [6, 6.07) is 7.35. The number of nitriles is 1. The van der Waals surface area contributed by atoms with Crippen molar-refractivity contribution in [2.75, 3.05) is 25.0 Å². The van der Waals surface area contributed by atoms with Gasteiger partial charge in [-0.3, -0.25) is 4.79 Å². The van der Waals surface area contributed by atoms with Gasteiger partial charge < -0.3 is 10.2 Å². The first kappa shape index (κ1) is 14.3. The highest BCUT2D eigenvalue weighted by molar-refractivity contribution is 6.32. The van der Waals surface area contributed by atoms with Crippen molar-refractivity contribution in [3.63, 3.8) is 0 Å². The highest BCUT2D eigenvalue weighted by Gasteiger charge is 2.15. The average Bonchev–Trinajstić information content (AvgIpc) is 2.37. The zero-order valence-electron chi connectivity index (χ0n) is 10.5. The van der Waals surface area contributed by atoms with Crippen LogP contribution in [0.2, 0.25) is 5.02 Å². The van der Waals surface area contributed by atoms with Crippen LogP contribution in [0, 0.1) is 11.3 Å². The summed E-state index contributed by atoms with van der Waals surface area (Å²) in [5, 5.41) is 12.1. The van der Waals surface area contributed by atoms with E-state index in [0.29, 0.717) is 22.8 Å². The third kappa shape index (κ3) is 3.38. The van der Waals surface area contributed by atoms with Crippen LogP contribution >= 0.6 is 11.6 Å². The summed E-state index contributed by atoms with van der Waals surface area (Å²) in [6.45, 7) is 2.94. The second-order valence-corrected chi connectivity index (χ2v) is 4.25. The number of benzene rings is 1. The summed E-state index contributed by atoms with van der Waals surface area (Å²) in [6.07, 6.45) is 0.883. The number of nitrogens with one attached hydrogen (secondary N) is 1. The molecule has 4 nitrogen and oxygen atoms in total. The molecule has 1 N–H and O–H groups in total. The molecular weight excluding hydrogens is 250 g/mol. The molecule has 1 rings (SSSR count). The van der Waals surface area contributed by atoms with E-state index in [1.54, 1.807) is 19.2 Å². The molecule has 1 amide bonds. The molecule has 1 aromatic rings. The number of carbonyl (C=O) groups is 1. The molecule has 0 saturated carbocycles. The zero-order chi connectivity index (χ0) is 13.5. The summed E-state index contributed by atoms with van der Waals surface area (Å²) in [5.74, 6) is -0.0904. The number of halogens is 1. The van der Waals surface area contributed by atoms with E-state index in [2.05, 4.69) is 11.4 Å². The summed E-state index contributed by atoms with van der Waals surface area (Å²) >= 11 is 5.99. The van der Waals surface area contributed by atoms with Gasteiger partial charge in [0.05, 0.1) is 22.8 Å². The first-order valence-corrected chi connectivity index (χ1v) is 6.16. The van der Waals surface area contributed by atoms with E-state index in [4.69, 9.17) is 16.9 Å². The molecule has 0 saturated heterocycles. The Morgan fingerprint density at radius 2 is 2.28 bits per heavy atom. The van der Waals surface area contributed by atoms with Crippen LogP contribution in [0.15, 0.2) is 18.2 Å². The van der Waals surface area contributed by atoms with Gasteiger partial charge in [0, 0.05) is 13.6 Å². The fraction of sp³-hybridized carbons (Fsp3) is 0.385. The largest absolute Gasteiger partial charge is 0.361 e. The molecule has 0 radical (unpaired) electrons. The molecule has 96 valence electrons. The number of likely N-dealkylation sites (N-methyl/N-ethyl adjacent to an activating group) is 1. The predicted octanol–water partition coefficient (Wildman–Crippen LogP) is 2.17. The molecule has 0 bridgehead atoms. The monoisotopic (exact) mass is 265 g/mol. The van der Waals surface area contributed by atoms with Crippen LogP contribution in [-0.4, -0.2) is 26.0 Å². The maximum absolute atomic E-state index is 11.5. The zero-order valence-corrected chi connectivity index (χ0v) is 11.3. The average molecular weight is 266 g/mol. The first-order valence-electron chi connectivity index (χ1n) is 5.78. The molecule has 0 aliphatic rings. The summed E-state index contributed by atoms with van der Waals surface area (Å²) in [7, 11) is 1.59. The predicted molar refractivity (Wildman–Crippen MR) is 72.7 cm³/mol. The molecule has 0 aliphatic heterocycles. The van der Waals surface area contributed by atoms with E-state index in [-0.39, 0.29) is 12.5 Å². The van der Waals surface area contributed by atoms with Crippen LogP contribution in [0.4, 0.5) is 5.69 Å². The van der Waals surface area contributed by atoms with Crippen LogP contribution in [0.3, 0.4) is 0 Å². The number of hydrogen-bond donors (Lipinski definition) is 1. The Morgan fingerprint density at radius 1 is 1.56 bits per heavy atom. The number of hydrogen-bond acceptors (Lipinski definition) is 3. The van der Waals surface area contributed by atoms with Crippen molar-refractivity contribution in [2.45, 2.75) is 13.3 Å². The lowest BCUT2D eigenvalue weighted by molar-refractivity contribution is -0.119. The van der Waals surface area contributed by atoms with Crippen molar-refractivity contribution in [3.8, 4) is 6.07 Å². The Morgan fingerprint density at radius 3 is 2.83 bits per heavy atom. The Balaban J connectivity index is 3.09. The van der Waals surface area contributed by atoms with E-state index >= 15 is 0 Å². The Bertz CT molecular complexity index is 468. The molecule has 0 unspecified atom stereocenters. The molecule has 0 atom stereocenters. The van der Waals surface area contributed by atoms with Crippen LogP contribution in [-0.2, 0) is 4.79 Å². The number of carbonyl (C=O) groups excluding carboxylic acids is 1. The molecule has 18 heavy (non-hydrogen) atoms. The minimum Gasteiger partial charge on any atom is -0.361 e. The van der Waals surface area contributed by atoms with Crippen LogP contribution in [0.1, 0.15) is 18.9 Å². The molecule has 0 aromatic heterocycles. The third-order valence-electron chi connectivity index (χ3n) is 2.55. The fourth-order valence-corrected chi connectivity index (χ4v) is 1.91. The van der Waals surface area contributed by atoms with Gasteiger partial charge in [0.15, 0.2) is 0 Å². The Kier molecular flexibility index (Phi) is 5.47. The topological polar surface area (TPSA) is 56.1 Å². The van der Waals surface area contributed by atoms with E-state index in [0.717, 1.165) is 6.42 Å². The van der Waals surface area contributed by atoms with Crippen molar-refractivity contribution >= 4 is 23.2 Å². The summed E-state index contributed by atoms with van der Waals surface area (Å²) in [4.78, 5) is 13.4. The van der Waals surface area contributed by atoms with Gasteiger partial charge >= 0.3 is 0 Å². The maximum Gasteiger partial charge on any atom is 0.239 e. The van der Waals surface area contributed by atoms with Crippen molar-refractivity contribution in [2.24, 2.45) is 0 Å². The minimum atomic E-state index is -0.0904. The number of nitrogens with zero attached hydrogens (tertiary/aromatic N) is 2. The quantitative estimate of drug-likeness (QED) is 0.888. The molecule has 0 aliphatic carbocycles. The number of amides is 1. The second-order valence-electron chi connectivity index (χ2n) is 3.84. The third-order valence-corrected chi connectivity index (χ3v) is 2.87. The molecule has 0 fully saturated rings. The van der Waals surface area contributed by atoms with Crippen molar-refractivity contribution < 1.29 is 4.79 Å². The first-order chi connectivity index (χ1) is 8.63. The lowest BCUT2D eigenvalue weighted by Gasteiger charge is -2.24. The Hall–Kier alpha value is -1.73. The van der Waals surface area contributed by atoms with Crippen LogP contribution < -0.4 is 10.2 Å². The van der Waals surface area contributed by atoms with Gasteiger partial charge in [0.2, 0.25) is 5.91 Å². The number of anilines is 1. The van der Waals surface area contributed by atoms with Crippen molar-refractivity contribution in [1.82, 2.24) is 5.32 Å². The maximum atomic E-state index is 11.5. The van der Waals surface area contributed by atoms with Gasteiger partial charge in [0.1, 0.15) is 6.07 Å². The van der Waals surface area contributed by atoms with Gasteiger partial charge in [-0.05, 0) is 18.6 Å². The highest BCUT2D eigenvalue weighted by Crippen LogP contribution is 2.26. The smallest absolute Gasteiger partial charge is 0.239 e. The van der Waals surface area contributed by atoms with E-state index in [1.807, 2.05) is 17.9 Å². The SMILES string of the molecule is CCCN(CC(=O)NC)c1cccc(Cl)c1C#N. The number of rotatable bonds is 5. The van der Waals surface area contributed by atoms with E-state index in [1.165, 1.54) is 0 Å². The highest BCUT2D eigenvalue weighted by atomic mass is 35.5. The van der Waals surface area contributed by atoms with E-state index < -0.39 is 0 Å². The Labute approximate surface area is 112 Å². The molecule has 0 heterocycles. The van der Waals surface area contributed by atoms with Crippen LogP contribution in [0.5, 0.6) is 0 Å². The summed E-state index contributed by atoms with van der Waals surface area (Å²) in [5.41, 5.74) is 1.12. The van der Waals surface area contributed by atoms with Crippen molar-refractivity contribution in [3.05, 3.63) is 28.8 Å². The lowest BCUT2D eigenvalue weighted by atomic mass is 10.1. The van der Waals surface area contributed by atoms with Crippen LogP contribution in [0.25, 0.3) is 0 Å². The van der Waals surface area contributed by atoms with Gasteiger partial charge in [0.25, 0.3) is 0 Å². The standard InChI is InChI=1S/C13H16ClN3O/c1-3-7-17(9-13(18)16-2)12-6-4-5-11(14)10(12)8-15/h4-6H,3,7,9H2,1-2H3,(H,16,18).